The van der Waals surface area contributed by atoms with Gasteiger partial charge in [0.2, 0.25) is 0 Å². The predicted molar refractivity (Wildman–Crippen MR) is 200 cm³/mol. The highest BCUT2D eigenvalue weighted by Gasteiger charge is 2.70. The molecule has 0 aromatic rings. The average molecular weight is 780 g/mol. The van der Waals surface area contributed by atoms with Crippen molar-refractivity contribution in [3.05, 3.63) is 23.8 Å². The Labute approximate surface area is 326 Å². The lowest BCUT2D eigenvalue weighted by atomic mass is 9.55. The van der Waals surface area contributed by atoms with E-state index in [2.05, 4.69) is 11.9 Å². The number of hydrogen-bond donors (Lipinski definition) is 3. The molecule has 2 aliphatic heterocycles. The molecule has 1 saturated carbocycles. The summed E-state index contributed by atoms with van der Waals surface area (Å²) in [6.45, 7) is 25.0. The van der Waals surface area contributed by atoms with Crippen molar-refractivity contribution in [1.29, 1.82) is 0 Å². The van der Waals surface area contributed by atoms with Crippen LogP contribution in [0.4, 0.5) is 4.79 Å². The van der Waals surface area contributed by atoms with E-state index in [9.17, 15) is 29.4 Å². The van der Waals surface area contributed by atoms with Gasteiger partial charge < -0.3 is 48.7 Å². The van der Waals surface area contributed by atoms with Gasteiger partial charge in [-0.05, 0) is 83.4 Å². The number of rotatable bonds is 13. The molecule has 312 valence electrons. The second-order valence-electron chi connectivity index (χ2n) is 18.0. The molecule has 2 aliphatic carbocycles. The molecule has 4 rings (SSSR count). The number of carbonyl (C=O) groups excluding carboxylic acids is 4. The van der Waals surface area contributed by atoms with Crippen LogP contribution in [0.25, 0.3) is 0 Å². The number of carbonyl (C=O) groups is 4. The molecule has 0 aromatic heterocycles. The SMILES string of the molecule is C=CC1OC(CC2CCO2)C2(C)C(COC(C)=O)C(C)C3(C(C)(C)O)CC(OC(=O)C(O)C(CC(C)C)NC(=O)OC(C)(C)C)C(C)=C3C(OC(C)=O)C2O1. The molecule has 2 heterocycles. The predicted octanol–water partition coefficient (Wildman–Crippen LogP) is 4.92. The first-order chi connectivity index (χ1) is 25.4. The van der Waals surface area contributed by atoms with Gasteiger partial charge in [-0.25, -0.2) is 9.59 Å². The Kier molecular flexibility index (Phi) is 13.7. The number of hydrogen-bond acceptors (Lipinski definition) is 13. The highest BCUT2D eigenvalue weighted by molar-refractivity contribution is 5.77. The first-order valence-electron chi connectivity index (χ1n) is 19.5. The first-order valence-corrected chi connectivity index (χ1v) is 19.5. The second-order valence-corrected chi connectivity index (χ2v) is 18.0. The third-order valence-corrected chi connectivity index (χ3v) is 12.1. The number of alkyl carbamates (subject to hydrolysis) is 1. The van der Waals surface area contributed by atoms with Crippen LogP contribution in [0.1, 0.15) is 109 Å². The van der Waals surface area contributed by atoms with Gasteiger partial charge in [0.15, 0.2) is 18.5 Å². The number of ether oxygens (including phenoxy) is 7. The van der Waals surface area contributed by atoms with Crippen LogP contribution < -0.4 is 5.32 Å². The van der Waals surface area contributed by atoms with Crippen molar-refractivity contribution in [2.45, 2.75) is 169 Å². The van der Waals surface area contributed by atoms with Crippen LogP contribution in [-0.4, -0.2) is 108 Å². The lowest BCUT2D eigenvalue weighted by molar-refractivity contribution is -0.316. The number of amides is 1. The fourth-order valence-electron chi connectivity index (χ4n) is 9.52. The lowest BCUT2D eigenvalue weighted by Crippen LogP contribution is -2.63. The van der Waals surface area contributed by atoms with Gasteiger partial charge >= 0.3 is 24.0 Å². The summed E-state index contributed by atoms with van der Waals surface area (Å²) in [7, 11) is 0. The zero-order chi connectivity index (χ0) is 41.4. The van der Waals surface area contributed by atoms with Crippen LogP contribution in [0, 0.1) is 28.6 Å². The molecule has 0 aromatic carbocycles. The topological polar surface area (TPSA) is 185 Å². The average Bonchev–Trinajstić information content (AvgIpc) is 3.29. The van der Waals surface area contributed by atoms with Crippen LogP contribution >= 0.6 is 0 Å². The Morgan fingerprint density at radius 1 is 1.07 bits per heavy atom. The van der Waals surface area contributed by atoms with Crippen molar-refractivity contribution < 1.29 is 62.5 Å². The molecular formula is C41H65NO13. The summed E-state index contributed by atoms with van der Waals surface area (Å²) in [4.78, 5) is 52.3. The molecule has 3 N–H and O–H groups in total. The fourth-order valence-corrected chi connectivity index (χ4v) is 9.52. The van der Waals surface area contributed by atoms with Crippen LogP contribution in [0.2, 0.25) is 0 Å². The minimum atomic E-state index is -1.76. The van der Waals surface area contributed by atoms with E-state index in [-0.39, 0.29) is 31.5 Å². The Hall–Kier alpha value is -3.04. The normalized spacial score (nSPS) is 34.6. The van der Waals surface area contributed by atoms with Gasteiger partial charge in [0.05, 0.1) is 30.5 Å². The number of fused-ring (bicyclic) bond motifs is 2. The molecule has 12 atom stereocenters. The molecule has 12 unspecified atom stereocenters. The van der Waals surface area contributed by atoms with Crippen LogP contribution in [-0.2, 0) is 47.5 Å². The van der Waals surface area contributed by atoms with Gasteiger partial charge in [0, 0.05) is 50.0 Å². The lowest BCUT2D eigenvalue weighted by Gasteiger charge is -2.55. The van der Waals surface area contributed by atoms with Crippen molar-refractivity contribution in [2.75, 3.05) is 13.2 Å². The molecule has 55 heavy (non-hydrogen) atoms. The highest BCUT2D eigenvalue weighted by atomic mass is 16.7. The first kappa shape index (κ1) is 44.7. The van der Waals surface area contributed by atoms with E-state index in [0.29, 0.717) is 24.2 Å². The molecule has 0 bridgehead atoms. The van der Waals surface area contributed by atoms with Crippen LogP contribution in [0.3, 0.4) is 0 Å². The van der Waals surface area contributed by atoms with Gasteiger partial charge in [0.25, 0.3) is 0 Å². The minimum absolute atomic E-state index is 0.0184. The smallest absolute Gasteiger partial charge is 0.407 e. The Bertz CT molecular complexity index is 1470. The van der Waals surface area contributed by atoms with Gasteiger partial charge in [0.1, 0.15) is 17.8 Å². The van der Waals surface area contributed by atoms with E-state index in [1.807, 2.05) is 27.7 Å². The summed E-state index contributed by atoms with van der Waals surface area (Å²) >= 11 is 0. The van der Waals surface area contributed by atoms with Crippen molar-refractivity contribution in [3.63, 3.8) is 0 Å². The summed E-state index contributed by atoms with van der Waals surface area (Å²) < 4.78 is 42.7. The summed E-state index contributed by atoms with van der Waals surface area (Å²) in [5, 5.41) is 26.5. The summed E-state index contributed by atoms with van der Waals surface area (Å²) in [6, 6.07) is -1.03. The number of aliphatic hydroxyl groups is 2. The van der Waals surface area contributed by atoms with E-state index < -0.39 is 101 Å². The molecule has 1 amide bonds. The Morgan fingerprint density at radius 2 is 1.71 bits per heavy atom. The molecule has 0 radical (unpaired) electrons. The molecule has 2 saturated heterocycles. The molecule has 4 aliphatic rings. The van der Waals surface area contributed by atoms with Crippen molar-refractivity contribution in [1.82, 2.24) is 5.32 Å². The fraction of sp³-hybridized carbons (Fsp3) is 0.805. The number of aliphatic hydroxyl groups excluding tert-OH is 1. The quantitative estimate of drug-likeness (QED) is 0.130. The minimum Gasteiger partial charge on any atom is -0.466 e. The van der Waals surface area contributed by atoms with Gasteiger partial charge in [-0.2, -0.15) is 0 Å². The third kappa shape index (κ3) is 9.24. The van der Waals surface area contributed by atoms with E-state index in [4.69, 9.17) is 33.2 Å². The zero-order valence-electron chi connectivity index (χ0n) is 34.8. The maximum Gasteiger partial charge on any atom is 0.407 e. The molecule has 3 fully saturated rings. The van der Waals surface area contributed by atoms with E-state index in [0.717, 1.165) is 6.42 Å². The Balaban J connectivity index is 1.87. The maximum absolute atomic E-state index is 13.9. The van der Waals surface area contributed by atoms with Crippen molar-refractivity contribution in [3.8, 4) is 0 Å². The number of esters is 3. The largest absolute Gasteiger partial charge is 0.466 e. The standard InChI is InChI=1S/C41H65NO13/c1-14-31-53-30(18-26-15-16-49-26)40(13)27(20-50-24(6)43)23(5)41(39(11,12)48)19-29(22(4)32(41)34(35(40)54-31)51-25(7)44)52-36(46)33(45)28(17-21(2)3)42-37(47)55-38(8,9)10/h14,21,23,26-31,33-35,45,48H,1,15-20H2,2-13H3,(H,42,47). The highest BCUT2D eigenvalue weighted by Crippen LogP contribution is 2.66. The Morgan fingerprint density at radius 3 is 2.20 bits per heavy atom. The summed E-state index contributed by atoms with van der Waals surface area (Å²) in [6.07, 6.45) is -4.00. The van der Waals surface area contributed by atoms with Crippen LogP contribution in [0.5, 0.6) is 0 Å². The summed E-state index contributed by atoms with van der Waals surface area (Å²) in [5.41, 5.74) is -3.60. The van der Waals surface area contributed by atoms with E-state index in [1.165, 1.54) is 19.9 Å². The molecule has 14 heteroatoms. The molecule has 0 spiro atoms. The van der Waals surface area contributed by atoms with E-state index >= 15 is 0 Å². The second kappa shape index (κ2) is 16.8. The van der Waals surface area contributed by atoms with E-state index in [1.54, 1.807) is 41.5 Å². The van der Waals surface area contributed by atoms with Gasteiger partial charge in [-0.3, -0.25) is 9.59 Å². The number of nitrogens with one attached hydrogen (secondary N) is 1. The zero-order valence-corrected chi connectivity index (χ0v) is 34.8. The van der Waals surface area contributed by atoms with Crippen molar-refractivity contribution >= 4 is 24.0 Å². The third-order valence-electron chi connectivity index (χ3n) is 12.1. The summed E-state index contributed by atoms with van der Waals surface area (Å²) in [5.74, 6) is -3.22. The maximum atomic E-state index is 13.9. The van der Waals surface area contributed by atoms with Crippen molar-refractivity contribution in [2.24, 2.45) is 28.6 Å². The van der Waals surface area contributed by atoms with Gasteiger partial charge in [-0.15, -0.1) is 0 Å². The van der Waals surface area contributed by atoms with Crippen LogP contribution in [0.15, 0.2) is 23.8 Å². The van der Waals surface area contributed by atoms with Gasteiger partial charge in [-0.1, -0.05) is 34.3 Å². The molecule has 14 nitrogen and oxygen atoms in total. The monoisotopic (exact) mass is 779 g/mol. The molecular weight excluding hydrogens is 714 g/mol.